The molecule has 0 bridgehead atoms. The quantitative estimate of drug-likeness (QED) is 0.668. The van der Waals surface area contributed by atoms with Gasteiger partial charge in [0.15, 0.2) is 0 Å². The van der Waals surface area contributed by atoms with Gasteiger partial charge in [-0.1, -0.05) is 0 Å². The molecule has 0 fully saturated rings. The molecule has 80 valence electrons. The summed E-state index contributed by atoms with van der Waals surface area (Å²) in [6.45, 7) is 0. The van der Waals surface area contributed by atoms with Crippen molar-refractivity contribution in [1.29, 1.82) is 0 Å². The van der Waals surface area contributed by atoms with Crippen LogP contribution in [0.25, 0.3) is 0 Å². The highest BCUT2D eigenvalue weighted by atomic mass is 79.9. The van der Waals surface area contributed by atoms with Gasteiger partial charge in [-0.05, 0) is 28.1 Å². The van der Waals surface area contributed by atoms with Crippen molar-refractivity contribution in [3.63, 3.8) is 0 Å². The van der Waals surface area contributed by atoms with Crippen LogP contribution < -0.4 is 11.3 Å². The molecule has 0 aliphatic rings. The molecule has 1 atom stereocenters. The van der Waals surface area contributed by atoms with E-state index in [1.54, 1.807) is 17.5 Å². The van der Waals surface area contributed by atoms with Gasteiger partial charge in [-0.2, -0.15) is 0 Å². The van der Waals surface area contributed by atoms with Crippen LogP contribution in [0.5, 0.6) is 0 Å². The van der Waals surface area contributed by atoms with E-state index in [1.807, 2.05) is 29.9 Å². The smallest absolute Gasteiger partial charge is 0.132 e. The lowest BCUT2D eigenvalue weighted by atomic mass is 10.2. The number of aryl methyl sites for hydroxylation is 1. The van der Waals surface area contributed by atoms with Crippen LogP contribution in [0.15, 0.2) is 28.3 Å². The SMILES string of the molecule is Cn1ccnc1C(NN)c1ccc(Br)s1. The highest BCUT2D eigenvalue weighted by Crippen LogP contribution is 2.29. The number of thiophene rings is 1. The summed E-state index contributed by atoms with van der Waals surface area (Å²) in [5, 5.41) is 0. The Balaban J connectivity index is 2.36. The lowest BCUT2D eigenvalue weighted by Crippen LogP contribution is -2.30. The first-order valence-corrected chi connectivity index (χ1v) is 6.02. The summed E-state index contributed by atoms with van der Waals surface area (Å²) in [6.07, 6.45) is 3.67. The molecule has 4 nitrogen and oxygen atoms in total. The van der Waals surface area contributed by atoms with Gasteiger partial charge in [0.25, 0.3) is 0 Å². The number of hydrogen-bond donors (Lipinski definition) is 2. The predicted octanol–water partition coefficient (Wildman–Crippen LogP) is 1.80. The van der Waals surface area contributed by atoms with E-state index < -0.39 is 0 Å². The molecule has 2 aromatic rings. The third-order valence-corrected chi connectivity index (χ3v) is 3.85. The zero-order chi connectivity index (χ0) is 10.8. The number of aromatic nitrogens is 2. The van der Waals surface area contributed by atoms with Gasteiger partial charge in [0.2, 0.25) is 0 Å². The number of imidazole rings is 1. The summed E-state index contributed by atoms with van der Waals surface area (Å²) in [5.41, 5.74) is 2.78. The fourth-order valence-corrected chi connectivity index (χ4v) is 2.90. The molecule has 0 aliphatic carbocycles. The Morgan fingerprint density at radius 3 is 2.87 bits per heavy atom. The number of rotatable bonds is 3. The molecule has 0 radical (unpaired) electrons. The van der Waals surface area contributed by atoms with Gasteiger partial charge in [0.1, 0.15) is 11.9 Å². The maximum atomic E-state index is 5.56. The van der Waals surface area contributed by atoms with E-state index in [0.29, 0.717) is 0 Å². The Hall–Kier alpha value is -0.690. The molecule has 1 unspecified atom stereocenters. The Bertz CT molecular complexity index is 450. The third-order valence-electron chi connectivity index (χ3n) is 2.16. The van der Waals surface area contributed by atoms with Crippen molar-refractivity contribution in [3.8, 4) is 0 Å². The van der Waals surface area contributed by atoms with Gasteiger partial charge in [0, 0.05) is 24.3 Å². The van der Waals surface area contributed by atoms with Crippen molar-refractivity contribution < 1.29 is 0 Å². The van der Waals surface area contributed by atoms with Crippen LogP contribution in [0.3, 0.4) is 0 Å². The molecule has 6 heteroatoms. The molecule has 3 N–H and O–H groups in total. The minimum absolute atomic E-state index is 0.0544. The maximum absolute atomic E-state index is 5.56. The van der Waals surface area contributed by atoms with E-state index in [2.05, 4.69) is 26.3 Å². The standard InChI is InChI=1S/C9H11BrN4S/c1-14-5-4-12-9(14)8(13-11)6-2-3-7(10)15-6/h2-5,8,13H,11H2,1H3. The summed E-state index contributed by atoms with van der Waals surface area (Å²) in [5.74, 6) is 6.47. The van der Waals surface area contributed by atoms with E-state index in [9.17, 15) is 0 Å². The van der Waals surface area contributed by atoms with Crippen LogP contribution in [0.2, 0.25) is 0 Å². The molecule has 15 heavy (non-hydrogen) atoms. The average molecular weight is 287 g/mol. The largest absolute Gasteiger partial charge is 0.336 e. The molecule has 0 saturated carbocycles. The summed E-state index contributed by atoms with van der Waals surface area (Å²) < 4.78 is 3.05. The predicted molar refractivity (Wildman–Crippen MR) is 64.4 cm³/mol. The topological polar surface area (TPSA) is 55.9 Å². The number of nitrogens with zero attached hydrogens (tertiary/aromatic N) is 2. The highest BCUT2D eigenvalue weighted by Gasteiger charge is 2.18. The monoisotopic (exact) mass is 286 g/mol. The van der Waals surface area contributed by atoms with Crippen LogP contribution in [0.4, 0.5) is 0 Å². The summed E-state index contributed by atoms with van der Waals surface area (Å²) >= 11 is 5.08. The summed E-state index contributed by atoms with van der Waals surface area (Å²) in [6, 6.07) is 3.99. The van der Waals surface area contributed by atoms with Crippen molar-refractivity contribution in [2.45, 2.75) is 6.04 Å². The van der Waals surface area contributed by atoms with E-state index in [1.165, 1.54) is 0 Å². The van der Waals surface area contributed by atoms with Crippen molar-refractivity contribution in [2.75, 3.05) is 0 Å². The van der Waals surface area contributed by atoms with Crippen LogP contribution >= 0.6 is 27.3 Å². The Morgan fingerprint density at radius 2 is 2.40 bits per heavy atom. The van der Waals surface area contributed by atoms with Crippen LogP contribution in [0, 0.1) is 0 Å². The Kier molecular flexibility index (Phi) is 3.20. The second-order valence-electron chi connectivity index (χ2n) is 3.14. The van der Waals surface area contributed by atoms with Crippen molar-refractivity contribution in [3.05, 3.63) is 39.0 Å². The second kappa shape index (κ2) is 4.44. The number of nitrogens with one attached hydrogen (secondary N) is 1. The zero-order valence-corrected chi connectivity index (χ0v) is 10.5. The molecule has 2 heterocycles. The van der Waals surface area contributed by atoms with Gasteiger partial charge in [-0.3, -0.25) is 5.84 Å². The number of hydrazine groups is 1. The average Bonchev–Trinajstić information content (AvgIpc) is 2.79. The lowest BCUT2D eigenvalue weighted by Gasteiger charge is -2.13. The highest BCUT2D eigenvalue weighted by molar-refractivity contribution is 9.11. The number of hydrogen-bond acceptors (Lipinski definition) is 4. The molecule has 2 aromatic heterocycles. The van der Waals surface area contributed by atoms with Gasteiger partial charge >= 0.3 is 0 Å². The molecule has 0 amide bonds. The first kappa shape index (κ1) is 10.8. The van der Waals surface area contributed by atoms with Crippen LogP contribution in [-0.2, 0) is 7.05 Å². The fourth-order valence-electron chi connectivity index (χ4n) is 1.42. The first-order chi connectivity index (χ1) is 7.22. The lowest BCUT2D eigenvalue weighted by molar-refractivity contribution is 0.588. The molecule has 0 aromatic carbocycles. The third kappa shape index (κ3) is 2.12. The van der Waals surface area contributed by atoms with Crippen molar-refractivity contribution in [1.82, 2.24) is 15.0 Å². The summed E-state index contributed by atoms with van der Waals surface area (Å²) in [4.78, 5) is 5.42. The van der Waals surface area contributed by atoms with Gasteiger partial charge < -0.3 is 4.57 Å². The van der Waals surface area contributed by atoms with Gasteiger partial charge in [-0.25, -0.2) is 10.4 Å². The number of nitrogens with two attached hydrogens (primary N) is 1. The molecule has 0 spiro atoms. The van der Waals surface area contributed by atoms with Gasteiger partial charge in [-0.15, -0.1) is 11.3 Å². The molecule has 2 rings (SSSR count). The zero-order valence-electron chi connectivity index (χ0n) is 8.14. The van der Waals surface area contributed by atoms with Crippen molar-refractivity contribution >= 4 is 27.3 Å². The second-order valence-corrected chi connectivity index (χ2v) is 5.63. The maximum Gasteiger partial charge on any atom is 0.132 e. The molecular formula is C9H11BrN4S. The fraction of sp³-hybridized carbons (Fsp3) is 0.222. The molecule has 0 aliphatic heterocycles. The van der Waals surface area contributed by atoms with Crippen molar-refractivity contribution in [2.24, 2.45) is 12.9 Å². The van der Waals surface area contributed by atoms with Crippen LogP contribution in [-0.4, -0.2) is 9.55 Å². The van der Waals surface area contributed by atoms with E-state index in [-0.39, 0.29) is 6.04 Å². The number of halogens is 1. The Labute approximate surface area is 100 Å². The van der Waals surface area contributed by atoms with Gasteiger partial charge in [0.05, 0.1) is 3.79 Å². The first-order valence-electron chi connectivity index (χ1n) is 4.41. The van der Waals surface area contributed by atoms with E-state index in [0.717, 1.165) is 14.5 Å². The van der Waals surface area contributed by atoms with E-state index in [4.69, 9.17) is 5.84 Å². The summed E-state index contributed by atoms with van der Waals surface area (Å²) in [7, 11) is 1.95. The molecular weight excluding hydrogens is 276 g/mol. The minimum atomic E-state index is -0.0544. The normalized spacial score (nSPS) is 13.0. The minimum Gasteiger partial charge on any atom is -0.336 e. The Morgan fingerprint density at radius 1 is 1.60 bits per heavy atom. The molecule has 0 saturated heterocycles. The van der Waals surface area contributed by atoms with E-state index >= 15 is 0 Å². The van der Waals surface area contributed by atoms with Crippen LogP contribution in [0.1, 0.15) is 16.7 Å².